The van der Waals surface area contributed by atoms with E-state index in [4.69, 9.17) is 22.1 Å². The zero-order chi connectivity index (χ0) is 12.1. The van der Waals surface area contributed by atoms with Gasteiger partial charge in [0.05, 0.1) is 5.02 Å². The van der Waals surface area contributed by atoms with Crippen LogP contribution in [0.25, 0.3) is 0 Å². The van der Waals surface area contributed by atoms with Crippen LogP contribution >= 0.6 is 11.6 Å². The number of amides is 1. The van der Waals surface area contributed by atoms with E-state index in [0.29, 0.717) is 10.8 Å². The molecule has 0 spiro atoms. The monoisotopic (exact) mass is 242 g/mol. The van der Waals surface area contributed by atoms with Crippen molar-refractivity contribution in [2.24, 2.45) is 5.73 Å². The molecule has 1 amide bonds. The molecule has 16 heavy (non-hydrogen) atoms. The first-order valence-corrected chi connectivity index (χ1v) is 5.30. The summed E-state index contributed by atoms with van der Waals surface area (Å²) in [6, 6.07) is 5.20. The molecule has 0 heterocycles. The molecule has 1 rings (SSSR count). The molecular weight excluding hydrogens is 228 g/mol. The van der Waals surface area contributed by atoms with Crippen LogP contribution in [0.5, 0.6) is 5.75 Å². The number of ether oxygens (including phenoxy) is 1. The van der Waals surface area contributed by atoms with Gasteiger partial charge in [0.2, 0.25) is 0 Å². The summed E-state index contributed by atoms with van der Waals surface area (Å²) in [5.74, 6) is 0.280. The van der Waals surface area contributed by atoms with Gasteiger partial charge in [-0.1, -0.05) is 17.7 Å². The van der Waals surface area contributed by atoms with Gasteiger partial charge in [0.1, 0.15) is 5.75 Å². The fourth-order valence-electron chi connectivity index (χ4n) is 1.13. The van der Waals surface area contributed by atoms with Crippen molar-refractivity contribution < 1.29 is 9.53 Å². The molecule has 0 unspecified atom stereocenters. The van der Waals surface area contributed by atoms with Crippen LogP contribution in [0.4, 0.5) is 0 Å². The number of carbonyl (C=O) groups is 1. The van der Waals surface area contributed by atoms with Crippen LogP contribution in [-0.4, -0.2) is 19.6 Å². The van der Waals surface area contributed by atoms with Crippen LogP contribution in [0.3, 0.4) is 0 Å². The predicted molar refractivity (Wildman–Crippen MR) is 63.6 cm³/mol. The normalized spacial score (nSPS) is 12.0. The fraction of sp³-hybridized carbons (Fsp3) is 0.364. The number of benzene rings is 1. The van der Waals surface area contributed by atoms with Crippen molar-refractivity contribution in [3.8, 4) is 5.75 Å². The third kappa shape index (κ3) is 3.40. The molecular formula is C11H15ClN2O2. The standard InChI is InChI=1S/C11H15ClN2O2/c1-7(13)8-3-4-10(9(12)5-8)16-6-11(15)14-2/h3-5,7H,6,13H2,1-2H3,(H,14,15)/t7-/m0/s1. The average Bonchev–Trinajstić information content (AvgIpc) is 2.26. The lowest BCUT2D eigenvalue weighted by atomic mass is 10.1. The molecule has 5 heteroatoms. The van der Waals surface area contributed by atoms with E-state index < -0.39 is 0 Å². The van der Waals surface area contributed by atoms with Gasteiger partial charge in [-0.25, -0.2) is 0 Å². The molecule has 0 aliphatic rings. The topological polar surface area (TPSA) is 64.3 Å². The molecule has 1 aromatic carbocycles. The van der Waals surface area contributed by atoms with Gasteiger partial charge in [0, 0.05) is 13.1 Å². The Morgan fingerprint density at radius 1 is 1.62 bits per heavy atom. The SMILES string of the molecule is CNC(=O)COc1ccc([C@H](C)N)cc1Cl. The summed E-state index contributed by atoms with van der Waals surface area (Å²) in [5.41, 5.74) is 6.64. The smallest absolute Gasteiger partial charge is 0.257 e. The number of hydrogen-bond donors (Lipinski definition) is 2. The molecule has 0 bridgehead atoms. The minimum Gasteiger partial charge on any atom is -0.482 e. The van der Waals surface area contributed by atoms with Crippen molar-refractivity contribution in [2.75, 3.05) is 13.7 Å². The van der Waals surface area contributed by atoms with Crippen LogP contribution in [0.2, 0.25) is 5.02 Å². The Morgan fingerprint density at radius 2 is 2.31 bits per heavy atom. The number of halogens is 1. The Labute approximate surface area is 99.7 Å². The minimum atomic E-state index is -0.202. The maximum absolute atomic E-state index is 11.0. The summed E-state index contributed by atoms with van der Waals surface area (Å²) in [6.07, 6.45) is 0. The summed E-state index contributed by atoms with van der Waals surface area (Å²) in [7, 11) is 1.55. The lowest BCUT2D eigenvalue weighted by Gasteiger charge is -2.10. The lowest BCUT2D eigenvalue weighted by molar-refractivity contribution is -0.122. The Bertz CT molecular complexity index is 380. The molecule has 0 aliphatic carbocycles. The Morgan fingerprint density at radius 3 is 2.81 bits per heavy atom. The largest absolute Gasteiger partial charge is 0.482 e. The second kappa shape index (κ2) is 5.72. The van der Waals surface area contributed by atoms with E-state index in [0.717, 1.165) is 5.56 Å². The lowest BCUT2D eigenvalue weighted by Crippen LogP contribution is -2.24. The quantitative estimate of drug-likeness (QED) is 0.841. The first-order chi connectivity index (χ1) is 7.54. The number of carbonyl (C=O) groups excluding carboxylic acids is 1. The highest BCUT2D eigenvalue weighted by molar-refractivity contribution is 6.32. The number of rotatable bonds is 4. The van der Waals surface area contributed by atoms with Gasteiger partial charge in [0.25, 0.3) is 5.91 Å². The van der Waals surface area contributed by atoms with Gasteiger partial charge in [-0.3, -0.25) is 4.79 Å². The van der Waals surface area contributed by atoms with E-state index in [1.165, 1.54) is 0 Å². The summed E-state index contributed by atoms with van der Waals surface area (Å²) >= 11 is 5.99. The van der Waals surface area contributed by atoms with Crippen molar-refractivity contribution in [3.63, 3.8) is 0 Å². The third-order valence-corrected chi connectivity index (χ3v) is 2.41. The van der Waals surface area contributed by atoms with Crippen molar-refractivity contribution in [2.45, 2.75) is 13.0 Å². The molecule has 88 valence electrons. The Hall–Kier alpha value is -1.26. The fourth-order valence-corrected chi connectivity index (χ4v) is 1.38. The second-order valence-corrected chi connectivity index (χ2v) is 3.85. The van der Waals surface area contributed by atoms with Crippen molar-refractivity contribution in [1.82, 2.24) is 5.32 Å². The highest BCUT2D eigenvalue weighted by Crippen LogP contribution is 2.27. The van der Waals surface area contributed by atoms with Gasteiger partial charge >= 0.3 is 0 Å². The predicted octanol–water partition coefficient (Wildman–Crippen LogP) is 1.48. The van der Waals surface area contributed by atoms with Crippen molar-refractivity contribution >= 4 is 17.5 Å². The van der Waals surface area contributed by atoms with Gasteiger partial charge in [-0.15, -0.1) is 0 Å². The molecule has 0 aliphatic heterocycles. The summed E-state index contributed by atoms with van der Waals surface area (Å²) in [4.78, 5) is 11.0. The van der Waals surface area contributed by atoms with Gasteiger partial charge < -0.3 is 15.8 Å². The zero-order valence-corrected chi connectivity index (χ0v) is 10.0. The number of nitrogens with one attached hydrogen (secondary N) is 1. The molecule has 0 saturated heterocycles. The maximum Gasteiger partial charge on any atom is 0.257 e. The van der Waals surface area contributed by atoms with E-state index in [2.05, 4.69) is 5.32 Å². The van der Waals surface area contributed by atoms with Crippen LogP contribution < -0.4 is 15.8 Å². The van der Waals surface area contributed by atoms with Crippen LogP contribution in [0.15, 0.2) is 18.2 Å². The van der Waals surface area contributed by atoms with Gasteiger partial charge in [-0.2, -0.15) is 0 Å². The minimum absolute atomic E-state index is 0.0479. The highest BCUT2D eigenvalue weighted by atomic mass is 35.5. The van der Waals surface area contributed by atoms with Crippen LogP contribution in [-0.2, 0) is 4.79 Å². The molecule has 0 radical (unpaired) electrons. The first-order valence-electron chi connectivity index (χ1n) is 4.93. The Kier molecular flexibility index (Phi) is 4.58. The summed E-state index contributed by atoms with van der Waals surface area (Å²) in [6.45, 7) is 1.82. The Balaban J connectivity index is 2.72. The van der Waals surface area contributed by atoms with Crippen LogP contribution in [0, 0.1) is 0 Å². The molecule has 1 aromatic rings. The number of nitrogens with two attached hydrogens (primary N) is 1. The third-order valence-electron chi connectivity index (χ3n) is 2.12. The molecule has 4 nitrogen and oxygen atoms in total. The van der Waals surface area contributed by atoms with Gasteiger partial charge in [0.15, 0.2) is 6.61 Å². The molecule has 0 saturated carbocycles. The van der Waals surface area contributed by atoms with E-state index >= 15 is 0 Å². The molecule has 3 N–H and O–H groups in total. The van der Waals surface area contributed by atoms with Crippen LogP contribution in [0.1, 0.15) is 18.5 Å². The summed E-state index contributed by atoms with van der Waals surface area (Å²) in [5, 5.41) is 2.91. The molecule has 1 atom stereocenters. The van der Waals surface area contributed by atoms with Crippen molar-refractivity contribution in [3.05, 3.63) is 28.8 Å². The van der Waals surface area contributed by atoms with Gasteiger partial charge in [-0.05, 0) is 24.6 Å². The molecule has 0 aromatic heterocycles. The number of likely N-dealkylation sites (N-methyl/N-ethyl adjacent to an activating group) is 1. The van der Waals surface area contributed by atoms with E-state index in [-0.39, 0.29) is 18.6 Å². The first kappa shape index (κ1) is 12.8. The highest BCUT2D eigenvalue weighted by Gasteiger charge is 2.07. The molecule has 0 fully saturated rings. The maximum atomic E-state index is 11.0. The second-order valence-electron chi connectivity index (χ2n) is 3.44. The van der Waals surface area contributed by atoms with Crippen molar-refractivity contribution in [1.29, 1.82) is 0 Å². The average molecular weight is 243 g/mol. The van der Waals surface area contributed by atoms with E-state index in [9.17, 15) is 4.79 Å². The number of hydrogen-bond acceptors (Lipinski definition) is 3. The summed E-state index contributed by atoms with van der Waals surface area (Å²) < 4.78 is 5.24. The van der Waals surface area contributed by atoms with E-state index in [1.807, 2.05) is 13.0 Å². The van der Waals surface area contributed by atoms with E-state index in [1.54, 1.807) is 19.2 Å². The zero-order valence-electron chi connectivity index (χ0n) is 9.29.